The molecular weight excluding hydrogens is 645 g/mol. The number of carbonyl (C=O) groups is 1. The summed E-state index contributed by atoms with van der Waals surface area (Å²) in [7, 11) is -4.48. The summed E-state index contributed by atoms with van der Waals surface area (Å²) in [5.41, 5.74) is 2.90. The molecule has 0 unspecified atom stereocenters. The van der Waals surface area contributed by atoms with Crippen LogP contribution in [0.5, 0.6) is 5.75 Å². The molecule has 0 fully saturated rings. The number of sulfonamides is 1. The topological polar surface area (TPSA) is 125 Å². The fourth-order valence-corrected chi connectivity index (χ4v) is 7.54. The standard InChI is InChI=1S/C35H25F3N4O5S/c1-20-18-39-34(41-33(20)27-17-23(35(36,37)38)13-14-29(27)47-19-32(43)44)42(31-16-22-8-3-5-11-28(22)40-31)48(45,46)30-12-6-10-25-24-9-4-2-7-21(24)15-26(25)30/h2-14,16-18,40H,15,19H2,1H3,(H,43,44). The predicted octanol–water partition coefficient (Wildman–Crippen LogP) is 7.51. The third-order valence-electron chi connectivity index (χ3n) is 8.11. The normalized spacial score (nSPS) is 12.5. The van der Waals surface area contributed by atoms with Crippen LogP contribution in [0.3, 0.4) is 0 Å². The van der Waals surface area contributed by atoms with Crippen molar-refractivity contribution in [2.24, 2.45) is 0 Å². The average molecular weight is 671 g/mol. The highest BCUT2D eigenvalue weighted by atomic mass is 32.2. The highest BCUT2D eigenvalue weighted by Gasteiger charge is 2.36. The summed E-state index contributed by atoms with van der Waals surface area (Å²) in [5.74, 6) is -1.77. The Balaban J connectivity index is 1.44. The summed E-state index contributed by atoms with van der Waals surface area (Å²) in [4.78, 5) is 23.3. The van der Waals surface area contributed by atoms with E-state index < -0.39 is 34.3 Å². The molecule has 0 spiro atoms. The molecule has 0 saturated heterocycles. The Labute approximate surface area is 272 Å². The van der Waals surface area contributed by atoms with Gasteiger partial charge in [-0.1, -0.05) is 54.6 Å². The number of nitrogens with zero attached hydrogens (tertiary/aromatic N) is 3. The number of alkyl halides is 3. The number of carboxylic acid groups (broad SMARTS) is 1. The number of H-pyrrole nitrogens is 1. The first kappa shape index (κ1) is 30.9. The molecule has 1 aliphatic carbocycles. The van der Waals surface area contributed by atoms with Gasteiger partial charge >= 0.3 is 12.1 Å². The van der Waals surface area contributed by atoms with Gasteiger partial charge in [-0.2, -0.15) is 17.5 Å². The van der Waals surface area contributed by atoms with Crippen LogP contribution in [0.25, 0.3) is 33.3 Å². The van der Waals surface area contributed by atoms with E-state index >= 15 is 0 Å². The van der Waals surface area contributed by atoms with Gasteiger partial charge in [0, 0.05) is 29.1 Å². The quantitative estimate of drug-likeness (QED) is 0.171. The van der Waals surface area contributed by atoms with E-state index in [2.05, 4.69) is 15.0 Å². The van der Waals surface area contributed by atoms with Crippen LogP contribution in [0.4, 0.5) is 24.9 Å². The van der Waals surface area contributed by atoms with Gasteiger partial charge in [-0.05, 0) is 71.1 Å². The number of rotatable bonds is 8. The average Bonchev–Trinajstić information content (AvgIpc) is 3.65. The molecule has 2 aromatic heterocycles. The van der Waals surface area contributed by atoms with Crippen LogP contribution in [0, 0.1) is 6.92 Å². The fourth-order valence-electron chi connectivity index (χ4n) is 5.94. The molecule has 48 heavy (non-hydrogen) atoms. The van der Waals surface area contributed by atoms with Gasteiger partial charge in [0.05, 0.1) is 16.2 Å². The van der Waals surface area contributed by atoms with Gasteiger partial charge in [-0.3, -0.25) is 0 Å². The lowest BCUT2D eigenvalue weighted by Gasteiger charge is -2.23. The van der Waals surface area contributed by atoms with Crippen molar-refractivity contribution in [3.8, 4) is 28.1 Å². The lowest BCUT2D eigenvalue weighted by atomic mass is 10.0. The highest BCUT2D eigenvalue weighted by Crippen LogP contribution is 2.43. The second kappa shape index (κ2) is 11.5. The van der Waals surface area contributed by atoms with Gasteiger partial charge in [0.25, 0.3) is 10.0 Å². The van der Waals surface area contributed by atoms with Gasteiger partial charge in [0.15, 0.2) is 6.61 Å². The van der Waals surface area contributed by atoms with Gasteiger partial charge in [0.1, 0.15) is 11.6 Å². The number of benzene rings is 4. The number of aliphatic carboxylic acids is 1. The van der Waals surface area contributed by atoms with E-state index in [0.717, 1.165) is 39.2 Å². The largest absolute Gasteiger partial charge is 0.481 e. The summed E-state index contributed by atoms with van der Waals surface area (Å²) in [6.07, 6.45) is -3.07. The molecule has 7 rings (SSSR count). The minimum absolute atomic E-state index is 0.0186. The van der Waals surface area contributed by atoms with Gasteiger partial charge < -0.3 is 14.8 Å². The molecule has 2 heterocycles. The number of anilines is 2. The van der Waals surface area contributed by atoms with Crippen molar-refractivity contribution in [1.29, 1.82) is 0 Å². The Kier molecular flexibility index (Phi) is 7.43. The summed E-state index contributed by atoms with van der Waals surface area (Å²) in [6, 6.07) is 24.0. The monoisotopic (exact) mass is 670 g/mol. The molecule has 0 bridgehead atoms. The molecule has 2 N–H and O–H groups in total. The van der Waals surface area contributed by atoms with Crippen molar-refractivity contribution < 1.29 is 36.2 Å². The molecule has 6 aromatic rings. The number of aromatic nitrogens is 3. The maximum absolute atomic E-state index is 14.9. The van der Waals surface area contributed by atoms with Gasteiger partial charge in [-0.25, -0.2) is 23.2 Å². The van der Waals surface area contributed by atoms with E-state index in [9.17, 15) is 31.5 Å². The van der Waals surface area contributed by atoms with Gasteiger partial charge in [-0.15, -0.1) is 0 Å². The summed E-state index contributed by atoms with van der Waals surface area (Å²) >= 11 is 0. The number of aromatic amines is 1. The van der Waals surface area contributed by atoms with Crippen molar-refractivity contribution in [2.45, 2.75) is 24.4 Å². The minimum atomic E-state index is -4.74. The number of ether oxygens (including phenoxy) is 1. The second-order valence-corrected chi connectivity index (χ2v) is 13.0. The number of carboxylic acids is 1. The van der Waals surface area contributed by atoms with Crippen LogP contribution in [0.15, 0.2) is 102 Å². The first-order valence-corrected chi connectivity index (χ1v) is 16.1. The highest BCUT2D eigenvalue weighted by molar-refractivity contribution is 7.93. The Morgan fingerprint density at radius 1 is 0.958 bits per heavy atom. The Morgan fingerprint density at radius 3 is 2.48 bits per heavy atom. The number of hydrogen-bond acceptors (Lipinski definition) is 6. The molecule has 0 atom stereocenters. The zero-order valence-corrected chi connectivity index (χ0v) is 25.9. The van der Waals surface area contributed by atoms with Crippen molar-refractivity contribution in [3.63, 3.8) is 0 Å². The SMILES string of the molecule is Cc1cnc(N(c2cc3ccccc3[nH]2)S(=O)(=O)c2cccc3c2Cc2ccccc2-3)nc1-c1cc(C(F)(F)F)ccc1OCC(=O)O. The molecule has 0 radical (unpaired) electrons. The first-order valence-electron chi connectivity index (χ1n) is 14.6. The van der Waals surface area contributed by atoms with Crippen LogP contribution in [-0.2, 0) is 27.4 Å². The summed E-state index contributed by atoms with van der Waals surface area (Å²) < 4.78 is 77.6. The molecule has 4 aromatic carbocycles. The van der Waals surface area contributed by atoms with Crippen LogP contribution in [-0.4, -0.2) is 41.1 Å². The van der Waals surface area contributed by atoms with Crippen LogP contribution in [0.2, 0.25) is 0 Å². The zero-order valence-electron chi connectivity index (χ0n) is 25.1. The van der Waals surface area contributed by atoms with E-state index in [0.29, 0.717) is 28.5 Å². The number of aryl methyl sites for hydroxylation is 1. The van der Waals surface area contributed by atoms with Crippen molar-refractivity contribution >= 4 is 38.7 Å². The van der Waals surface area contributed by atoms with Crippen LogP contribution in [0.1, 0.15) is 22.3 Å². The van der Waals surface area contributed by atoms with E-state index in [1.807, 2.05) is 30.3 Å². The lowest BCUT2D eigenvalue weighted by Crippen LogP contribution is -2.29. The third kappa shape index (κ3) is 5.41. The van der Waals surface area contributed by atoms with E-state index in [-0.39, 0.29) is 33.7 Å². The molecule has 13 heteroatoms. The Morgan fingerprint density at radius 2 is 1.71 bits per heavy atom. The van der Waals surface area contributed by atoms with E-state index in [1.54, 1.807) is 43.3 Å². The zero-order chi connectivity index (χ0) is 33.8. The summed E-state index contributed by atoms with van der Waals surface area (Å²) in [5, 5.41) is 9.89. The smallest absolute Gasteiger partial charge is 0.416 e. The van der Waals surface area contributed by atoms with Crippen molar-refractivity contribution in [2.75, 3.05) is 10.9 Å². The molecule has 0 saturated carbocycles. The van der Waals surface area contributed by atoms with E-state index in [1.165, 1.54) is 12.3 Å². The predicted molar refractivity (Wildman–Crippen MR) is 173 cm³/mol. The van der Waals surface area contributed by atoms with Crippen LogP contribution < -0.4 is 9.04 Å². The number of fused-ring (bicyclic) bond motifs is 4. The molecule has 242 valence electrons. The Bertz CT molecular complexity index is 2320. The number of para-hydroxylation sites is 1. The van der Waals surface area contributed by atoms with Crippen molar-refractivity contribution in [3.05, 3.63) is 119 Å². The molecule has 0 amide bonds. The fraction of sp³-hybridized carbons (Fsp3) is 0.114. The number of halogens is 3. The van der Waals surface area contributed by atoms with Crippen molar-refractivity contribution in [1.82, 2.24) is 15.0 Å². The first-order chi connectivity index (χ1) is 22.9. The number of nitrogens with one attached hydrogen (secondary N) is 1. The lowest BCUT2D eigenvalue weighted by molar-refractivity contribution is -0.140. The van der Waals surface area contributed by atoms with Crippen LogP contribution >= 0.6 is 0 Å². The number of hydrogen-bond donors (Lipinski definition) is 2. The third-order valence-corrected chi connectivity index (χ3v) is 9.89. The molecular formula is C35H25F3N4O5S. The minimum Gasteiger partial charge on any atom is -0.481 e. The second-order valence-electron chi connectivity index (χ2n) is 11.2. The molecule has 1 aliphatic rings. The summed E-state index contributed by atoms with van der Waals surface area (Å²) in [6.45, 7) is 0.718. The van der Waals surface area contributed by atoms with Gasteiger partial charge in [0.2, 0.25) is 5.95 Å². The molecule has 9 nitrogen and oxygen atoms in total. The molecule has 0 aliphatic heterocycles. The maximum atomic E-state index is 14.9. The maximum Gasteiger partial charge on any atom is 0.416 e. The van der Waals surface area contributed by atoms with E-state index in [4.69, 9.17) is 4.74 Å². The Hall–Kier alpha value is -5.69.